The van der Waals surface area contributed by atoms with Gasteiger partial charge in [-0.2, -0.15) is 0 Å². The van der Waals surface area contributed by atoms with Gasteiger partial charge in [-0.15, -0.1) is 0 Å². The van der Waals surface area contributed by atoms with E-state index in [1.54, 1.807) is 6.08 Å². The van der Waals surface area contributed by atoms with Gasteiger partial charge in [0.1, 0.15) is 0 Å². The molecule has 0 aliphatic rings. The Hall–Kier alpha value is -0.990. The van der Waals surface area contributed by atoms with Gasteiger partial charge >= 0.3 is 5.97 Å². The van der Waals surface area contributed by atoms with Crippen molar-refractivity contribution in [1.82, 2.24) is 0 Å². The minimum Gasteiger partial charge on any atom is -0.481 e. The van der Waals surface area contributed by atoms with Crippen LogP contribution in [0.5, 0.6) is 0 Å². The fraction of sp³-hybridized carbons (Fsp3) is 0.500. The van der Waals surface area contributed by atoms with E-state index in [9.17, 15) is 4.79 Å². The summed E-state index contributed by atoms with van der Waals surface area (Å²) in [6, 6.07) is 0. The fourth-order valence-corrected chi connectivity index (χ4v) is 0.467. The van der Waals surface area contributed by atoms with Gasteiger partial charge in [-0.05, 0) is 19.0 Å². The molecule has 0 spiro atoms. The van der Waals surface area contributed by atoms with Crippen LogP contribution >= 0.6 is 0 Å². The van der Waals surface area contributed by atoms with Gasteiger partial charge in [0, 0.05) is 6.42 Å². The molecule has 0 radical (unpaired) electrons. The van der Waals surface area contributed by atoms with Crippen molar-refractivity contribution in [3.05, 3.63) is 12.3 Å². The third-order valence-electron chi connectivity index (χ3n) is 0.898. The number of carbonyl (C=O) groups is 1. The molecule has 0 aliphatic carbocycles. The maximum absolute atomic E-state index is 9.91. The number of hydrogen-bond donors (Lipinski definition) is 2. The zero-order valence-corrected chi connectivity index (χ0v) is 5.21. The molecule has 0 saturated heterocycles. The van der Waals surface area contributed by atoms with Crippen molar-refractivity contribution in [2.45, 2.75) is 19.3 Å². The molecule has 0 amide bonds. The van der Waals surface area contributed by atoms with Crippen LogP contribution in [-0.2, 0) is 4.79 Å². The quantitative estimate of drug-likeness (QED) is 0.549. The Kier molecular flexibility index (Phi) is 4.59. The van der Waals surface area contributed by atoms with E-state index in [-0.39, 0.29) is 6.42 Å². The van der Waals surface area contributed by atoms with Crippen molar-refractivity contribution >= 4 is 5.97 Å². The number of allylic oxidation sites excluding steroid dienone is 1. The van der Waals surface area contributed by atoms with E-state index in [0.29, 0.717) is 6.42 Å². The number of aliphatic carboxylic acids is 1. The van der Waals surface area contributed by atoms with Crippen LogP contribution in [0.25, 0.3) is 0 Å². The molecule has 0 unspecified atom stereocenters. The lowest BCUT2D eigenvalue weighted by Gasteiger charge is -1.88. The first-order valence-electron chi connectivity index (χ1n) is 2.86. The lowest BCUT2D eigenvalue weighted by Crippen LogP contribution is -1.92. The number of nitrogens with two attached hydrogens (primary N) is 1. The van der Waals surface area contributed by atoms with Crippen molar-refractivity contribution in [3.63, 3.8) is 0 Å². The summed E-state index contributed by atoms with van der Waals surface area (Å²) >= 11 is 0. The van der Waals surface area contributed by atoms with Crippen LogP contribution in [0.4, 0.5) is 0 Å². The second-order valence-electron chi connectivity index (χ2n) is 1.71. The molecule has 0 aromatic carbocycles. The van der Waals surface area contributed by atoms with E-state index in [0.717, 1.165) is 6.42 Å². The van der Waals surface area contributed by atoms with Crippen molar-refractivity contribution < 1.29 is 9.90 Å². The third-order valence-corrected chi connectivity index (χ3v) is 0.898. The summed E-state index contributed by atoms with van der Waals surface area (Å²) in [5.74, 6) is -0.750. The Balaban J connectivity index is 3.01. The Labute approximate surface area is 54.2 Å². The van der Waals surface area contributed by atoms with Crippen LogP contribution in [0.15, 0.2) is 12.3 Å². The lowest BCUT2D eigenvalue weighted by molar-refractivity contribution is -0.137. The van der Waals surface area contributed by atoms with Crippen LogP contribution in [0, 0.1) is 0 Å². The highest BCUT2D eigenvalue weighted by molar-refractivity contribution is 5.66. The molecule has 0 rings (SSSR count). The topological polar surface area (TPSA) is 63.3 Å². The first-order chi connectivity index (χ1) is 4.27. The van der Waals surface area contributed by atoms with Crippen molar-refractivity contribution in [3.8, 4) is 0 Å². The van der Waals surface area contributed by atoms with Crippen LogP contribution < -0.4 is 5.73 Å². The summed E-state index contributed by atoms with van der Waals surface area (Å²) < 4.78 is 0. The van der Waals surface area contributed by atoms with Gasteiger partial charge in [-0.25, -0.2) is 0 Å². The van der Waals surface area contributed by atoms with E-state index in [1.807, 2.05) is 0 Å². The van der Waals surface area contributed by atoms with Gasteiger partial charge in [-0.1, -0.05) is 6.08 Å². The van der Waals surface area contributed by atoms with Gasteiger partial charge in [0.05, 0.1) is 0 Å². The predicted octanol–water partition coefficient (Wildman–Crippen LogP) is 0.714. The van der Waals surface area contributed by atoms with E-state index < -0.39 is 5.97 Å². The maximum atomic E-state index is 9.91. The second-order valence-corrected chi connectivity index (χ2v) is 1.71. The SMILES string of the molecule is NC=CCCCC(=O)O. The molecule has 0 heterocycles. The van der Waals surface area contributed by atoms with Crippen molar-refractivity contribution in [1.29, 1.82) is 0 Å². The normalized spacial score (nSPS) is 10.2. The van der Waals surface area contributed by atoms with Gasteiger partial charge in [0.15, 0.2) is 0 Å². The van der Waals surface area contributed by atoms with E-state index in [4.69, 9.17) is 10.8 Å². The van der Waals surface area contributed by atoms with Gasteiger partial charge in [0.25, 0.3) is 0 Å². The summed E-state index contributed by atoms with van der Waals surface area (Å²) in [6.45, 7) is 0. The molecule has 52 valence electrons. The molecular weight excluding hydrogens is 118 g/mol. The average Bonchev–Trinajstić information content (AvgIpc) is 1.80. The lowest BCUT2D eigenvalue weighted by atomic mass is 10.2. The van der Waals surface area contributed by atoms with Crippen LogP contribution in [0.1, 0.15) is 19.3 Å². The molecule has 0 aromatic heterocycles. The summed E-state index contributed by atoms with van der Waals surface area (Å²) in [4.78, 5) is 9.91. The zero-order valence-electron chi connectivity index (χ0n) is 5.21. The molecule has 3 nitrogen and oxygen atoms in total. The number of carboxylic acids is 1. The van der Waals surface area contributed by atoms with Gasteiger partial charge < -0.3 is 10.8 Å². The van der Waals surface area contributed by atoms with Crippen molar-refractivity contribution in [2.24, 2.45) is 5.73 Å². The largest absolute Gasteiger partial charge is 0.481 e. The Morgan fingerprint density at radius 3 is 2.78 bits per heavy atom. The van der Waals surface area contributed by atoms with Crippen LogP contribution in [-0.4, -0.2) is 11.1 Å². The summed E-state index contributed by atoms with van der Waals surface area (Å²) in [6.07, 6.45) is 4.83. The van der Waals surface area contributed by atoms with Crippen LogP contribution in [0.3, 0.4) is 0 Å². The highest BCUT2D eigenvalue weighted by atomic mass is 16.4. The number of carboxylic acid groups (broad SMARTS) is 1. The molecule has 9 heavy (non-hydrogen) atoms. The smallest absolute Gasteiger partial charge is 0.303 e. The molecule has 0 saturated carbocycles. The van der Waals surface area contributed by atoms with E-state index in [1.165, 1.54) is 6.20 Å². The monoisotopic (exact) mass is 129 g/mol. The van der Waals surface area contributed by atoms with E-state index in [2.05, 4.69) is 0 Å². The third kappa shape index (κ3) is 7.01. The minimum absolute atomic E-state index is 0.227. The predicted molar refractivity (Wildman–Crippen MR) is 34.8 cm³/mol. The molecule has 0 fully saturated rings. The van der Waals surface area contributed by atoms with E-state index >= 15 is 0 Å². The number of hydrogen-bond acceptors (Lipinski definition) is 2. The first-order valence-corrected chi connectivity index (χ1v) is 2.86. The molecule has 3 heteroatoms. The zero-order chi connectivity index (χ0) is 7.11. The summed E-state index contributed by atoms with van der Waals surface area (Å²) in [5, 5.41) is 8.16. The fourth-order valence-electron chi connectivity index (χ4n) is 0.467. The first kappa shape index (κ1) is 8.01. The Morgan fingerprint density at radius 2 is 2.33 bits per heavy atom. The van der Waals surface area contributed by atoms with Gasteiger partial charge in [0.2, 0.25) is 0 Å². The van der Waals surface area contributed by atoms with Crippen molar-refractivity contribution in [2.75, 3.05) is 0 Å². The number of rotatable bonds is 4. The molecular formula is C6H11NO2. The number of unbranched alkanes of at least 4 members (excludes halogenated alkanes) is 1. The Morgan fingerprint density at radius 1 is 1.67 bits per heavy atom. The standard InChI is InChI=1S/C6H11NO2/c7-5-3-1-2-4-6(8)9/h3,5H,1-2,4,7H2,(H,8,9). The Bertz CT molecular complexity index is 110. The average molecular weight is 129 g/mol. The summed E-state index contributed by atoms with van der Waals surface area (Å²) in [7, 11) is 0. The van der Waals surface area contributed by atoms with Crippen LogP contribution in [0.2, 0.25) is 0 Å². The highest BCUT2D eigenvalue weighted by Crippen LogP contribution is 1.94. The highest BCUT2D eigenvalue weighted by Gasteiger charge is 1.92. The minimum atomic E-state index is -0.750. The molecule has 0 aliphatic heterocycles. The molecule has 0 bridgehead atoms. The maximum Gasteiger partial charge on any atom is 0.303 e. The molecule has 0 aromatic rings. The van der Waals surface area contributed by atoms with Gasteiger partial charge in [-0.3, -0.25) is 4.79 Å². The second kappa shape index (κ2) is 5.15. The molecule has 0 atom stereocenters. The summed E-state index contributed by atoms with van der Waals surface area (Å²) in [5.41, 5.74) is 5.02. The molecule has 3 N–H and O–H groups in total.